The molecule has 0 radical (unpaired) electrons. The van der Waals surface area contributed by atoms with Gasteiger partial charge in [0.15, 0.2) is 0 Å². The van der Waals surface area contributed by atoms with Crippen LogP contribution in [0.3, 0.4) is 0 Å². The topological polar surface area (TPSA) is 116 Å². The Morgan fingerprint density at radius 1 is 0.980 bits per heavy atom. The van der Waals surface area contributed by atoms with Crippen LogP contribution in [-0.2, 0) is 29.8 Å². The average molecular weight is 729 g/mol. The van der Waals surface area contributed by atoms with Gasteiger partial charge in [-0.05, 0) is 77.5 Å². The number of aromatic nitrogens is 3. The van der Waals surface area contributed by atoms with Crippen molar-refractivity contribution >= 4 is 39.4 Å². The van der Waals surface area contributed by atoms with Crippen molar-refractivity contribution < 1.29 is 19.1 Å². The van der Waals surface area contributed by atoms with Gasteiger partial charge < -0.3 is 19.4 Å². The van der Waals surface area contributed by atoms with Crippen LogP contribution < -0.4 is 20.9 Å². The molecule has 0 spiro atoms. The summed E-state index contributed by atoms with van der Waals surface area (Å²) >= 11 is 3.44. The van der Waals surface area contributed by atoms with Gasteiger partial charge in [0.1, 0.15) is 22.6 Å². The van der Waals surface area contributed by atoms with Gasteiger partial charge in [-0.1, -0.05) is 68.8 Å². The van der Waals surface area contributed by atoms with E-state index in [1.165, 1.54) is 12.7 Å². The fourth-order valence-electron chi connectivity index (χ4n) is 5.39. The molecule has 0 saturated heterocycles. The number of hydrogen-bond donors (Lipinski definition) is 2. The minimum atomic E-state index is -0.413. The van der Waals surface area contributed by atoms with E-state index in [1.807, 2.05) is 48.0 Å². The maximum Gasteiger partial charge on any atom is 0.337 e. The Balaban J connectivity index is 1.25. The first kappa shape index (κ1) is 35.4. The molecule has 256 valence electrons. The molecule has 2 amide bonds. The molecular weight excluding hydrogens is 686 g/mol. The number of halogens is 1. The Morgan fingerprint density at radius 3 is 2.35 bits per heavy atom. The predicted molar refractivity (Wildman–Crippen MR) is 195 cm³/mol. The van der Waals surface area contributed by atoms with E-state index in [4.69, 9.17) is 14.6 Å². The molecule has 49 heavy (non-hydrogen) atoms. The van der Waals surface area contributed by atoms with Gasteiger partial charge in [0.25, 0.3) is 5.56 Å². The molecule has 4 aromatic rings. The van der Waals surface area contributed by atoms with E-state index < -0.39 is 5.97 Å². The molecule has 0 atom stereocenters. The zero-order chi connectivity index (χ0) is 35.3. The molecule has 2 heterocycles. The summed E-state index contributed by atoms with van der Waals surface area (Å²) in [6.07, 6.45) is 5.95. The zero-order valence-electron chi connectivity index (χ0n) is 28.7. The summed E-state index contributed by atoms with van der Waals surface area (Å²) < 4.78 is 14.7. The summed E-state index contributed by atoms with van der Waals surface area (Å²) in [6, 6.07) is 18.0. The number of esters is 1. The number of rotatable bonds is 10. The molecular formula is C38H42BrN5O5. The van der Waals surface area contributed by atoms with Gasteiger partial charge in [-0.3, -0.25) is 10.1 Å². The zero-order valence-corrected chi connectivity index (χ0v) is 30.3. The quantitative estimate of drug-likeness (QED) is 0.162. The van der Waals surface area contributed by atoms with Crippen molar-refractivity contribution in [2.24, 2.45) is 0 Å². The van der Waals surface area contributed by atoms with Crippen LogP contribution in [0.5, 0.6) is 5.75 Å². The lowest BCUT2D eigenvalue weighted by atomic mass is 9.92. The van der Waals surface area contributed by atoms with E-state index in [0.717, 1.165) is 46.6 Å². The average Bonchev–Trinajstić information content (AvgIpc) is 3.51. The van der Waals surface area contributed by atoms with Crippen LogP contribution in [0.25, 0.3) is 5.70 Å². The molecule has 0 unspecified atom stereocenters. The molecule has 2 aromatic heterocycles. The van der Waals surface area contributed by atoms with Crippen molar-refractivity contribution in [3.8, 4) is 5.75 Å². The number of pyridine rings is 1. The number of nitrogens with one attached hydrogen (secondary N) is 2. The number of anilines is 1. The number of allylic oxidation sites excluding steroid dienone is 4. The summed E-state index contributed by atoms with van der Waals surface area (Å²) in [5, 5.41) is 10.8. The summed E-state index contributed by atoms with van der Waals surface area (Å²) in [4.78, 5) is 38.3. The largest absolute Gasteiger partial charge is 0.487 e. The Kier molecular flexibility index (Phi) is 10.9. The molecule has 1 aliphatic carbocycles. The van der Waals surface area contributed by atoms with Crippen molar-refractivity contribution in [3.05, 3.63) is 127 Å². The Morgan fingerprint density at radius 2 is 1.69 bits per heavy atom. The first-order valence-electron chi connectivity index (χ1n) is 16.1. The minimum Gasteiger partial charge on any atom is -0.487 e. The third-order valence-corrected chi connectivity index (χ3v) is 9.13. The smallest absolute Gasteiger partial charge is 0.337 e. The molecule has 0 aliphatic heterocycles. The highest BCUT2D eigenvalue weighted by Gasteiger charge is 2.23. The van der Waals surface area contributed by atoms with Crippen LogP contribution in [0.1, 0.15) is 79.0 Å². The Bertz CT molecular complexity index is 1980. The van der Waals surface area contributed by atoms with Gasteiger partial charge >= 0.3 is 12.0 Å². The molecule has 0 saturated carbocycles. The number of urea groups is 1. The lowest BCUT2D eigenvalue weighted by Crippen LogP contribution is -2.29. The van der Waals surface area contributed by atoms with Crippen LogP contribution in [-0.4, -0.2) is 33.5 Å². The maximum absolute atomic E-state index is 13.3. The van der Waals surface area contributed by atoms with E-state index >= 15 is 0 Å². The standard InChI is InChI=1S/C38H42BrN5O5/c1-24-11-17-30(18-12-24)44-33(20-32(42-44)38(3,4)5)41-37(47)40-21-28-9-7-8-10-29(28)23-49-31-19-25(2)43(35(45)34(31)39)22-26-13-15-27(16-14-26)36(46)48-6/h7-11,13-17,19-20H,12,18,21-23H2,1-6H3,(H2,40,41,47). The highest BCUT2D eigenvalue weighted by atomic mass is 79.9. The second-order valence-electron chi connectivity index (χ2n) is 13.2. The molecule has 5 rings (SSSR count). The highest BCUT2D eigenvalue weighted by Crippen LogP contribution is 2.30. The van der Waals surface area contributed by atoms with E-state index in [0.29, 0.717) is 28.1 Å². The normalized spacial score (nSPS) is 13.0. The molecule has 11 heteroatoms. The number of carbonyl (C=O) groups is 2. The van der Waals surface area contributed by atoms with Gasteiger partial charge in [-0.25, -0.2) is 14.3 Å². The first-order valence-corrected chi connectivity index (χ1v) is 16.9. The maximum atomic E-state index is 13.3. The fourth-order valence-corrected chi connectivity index (χ4v) is 5.83. The lowest BCUT2D eigenvalue weighted by molar-refractivity contribution is 0.0600. The number of amides is 2. The van der Waals surface area contributed by atoms with Crippen LogP contribution in [0.4, 0.5) is 10.6 Å². The van der Waals surface area contributed by atoms with Crippen LogP contribution in [0.15, 0.2) is 87.7 Å². The van der Waals surface area contributed by atoms with Crippen molar-refractivity contribution in [2.75, 3.05) is 12.4 Å². The second-order valence-corrected chi connectivity index (χ2v) is 13.9. The van der Waals surface area contributed by atoms with Crippen molar-refractivity contribution in [3.63, 3.8) is 0 Å². The first-order chi connectivity index (χ1) is 23.3. The third kappa shape index (κ3) is 8.58. The van der Waals surface area contributed by atoms with Gasteiger partial charge in [-0.15, -0.1) is 0 Å². The monoisotopic (exact) mass is 727 g/mol. The fraction of sp³-hybridized carbons (Fsp3) is 0.316. The molecule has 0 fully saturated rings. The number of carbonyl (C=O) groups excluding carboxylic acids is 2. The van der Waals surface area contributed by atoms with Gasteiger partial charge in [0.2, 0.25) is 0 Å². The number of nitrogens with zero attached hydrogens (tertiary/aromatic N) is 3. The highest BCUT2D eigenvalue weighted by molar-refractivity contribution is 9.10. The van der Waals surface area contributed by atoms with E-state index in [1.54, 1.807) is 28.8 Å². The van der Waals surface area contributed by atoms with Crippen LogP contribution >= 0.6 is 15.9 Å². The minimum absolute atomic E-state index is 0.184. The van der Waals surface area contributed by atoms with E-state index in [9.17, 15) is 14.4 Å². The summed E-state index contributed by atoms with van der Waals surface area (Å²) in [6.45, 7) is 11.0. The van der Waals surface area contributed by atoms with E-state index in [2.05, 4.69) is 66.4 Å². The van der Waals surface area contributed by atoms with Gasteiger partial charge in [-0.2, -0.15) is 5.10 Å². The molecule has 2 aromatic carbocycles. The Hall–Kier alpha value is -4.90. The van der Waals surface area contributed by atoms with Crippen molar-refractivity contribution in [2.45, 2.75) is 72.6 Å². The number of aryl methyl sites for hydroxylation is 1. The van der Waals surface area contributed by atoms with Gasteiger partial charge in [0, 0.05) is 35.5 Å². The Labute approximate surface area is 295 Å². The number of benzene rings is 2. The summed E-state index contributed by atoms with van der Waals surface area (Å²) in [7, 11) is 1.34. The van der Waals surface area contributed by atoms with Crippen LogP contribution in [0.2, 0.25) is 0 Å². The molecule has 10 nitrogen and oxygen atoms in total. The molecule has 1 aliphatic rings. The van der Waals surface area contributed by atoms with Crippen molar-refractivity contribution in [1.82, 2.24) is 19.7 Å². The number of hydrogen-bond acceptors (Lipinski definition) is 6. The summed E-state index contributed by atoms with van der Waals surface area (Å²) in [5.41, 5.74) is 6.60. The SMILES string of the molecule is COC(=O)c1ccc(Cn2c(C)cc(OCc3ccccc3CNC(=O)Nc3cc(C(C)(C)C)nn3C3=CC=C(C)CC3)c(Br)c2=O)cc1. The second kappa shape index (κ2) is 15.1. The summed E-state index contributed by atoms with van der Waals surface area (Å²) in [5.74, 6) is 0.625. The lowest BCUT2D eigenvalue weighted by Gasteiger charge is -2.17. The molecule has 2 N–H and O–H groups in total. The van der Waals surface area contributed by atoms with Crippen molar-refractivity contribution in [1.29, 1.82) is 0 Å². The third-order valence-electron chi connectivity index (χ3n) is 8.40. The van der Waals surface area contributed by atoms with Gasteiger partial charge in [0.05, 0.1) is 24.9 Å². The number of methoxy groups -OCH3 is 1. The predicted octanol–water partition coefficient (Wildman–Crippen LogP) is 7.73. The van der Waals surface area contributed by atoms with E-state index in [-0.39, 0.29) is 30.2 Å². The number of ether oxygens (including phenoxy) is 2. The van der Waals surface area contributed by atoms with Crippen LogP contribution in [0, 0.1) is 6.92 Å². The molecule has 0 bridgehead atoms.